The van der Waals surface area contributed by atoms with Crippen molar-refractivity contribution in [1.29, 1.82) is 0 Å². The summed E-state index contributed by atoms with van der Waals surface area (Å²) in [4.78, 5) is 21.6. The predicted molar refractivity (Wildman–Crippen MR) is 110 cm³/mol. The van der Waals surface area contributed by atoms with Crippen LogP contribution in [0.25, 0.3) is 5.69 Å². The second-order valence-corrected chi connectivity index (χ2v) is 8.12. The molecule has 1 N–H and O–H groups in total. The molecule has 3 heterocycles. The van der Waals surface area contributed by atoms with Gasteiger partial charge >= 0.3 is 0 Å². The van der Waals surface area contributed by atoms with E-state index in [1.54, 1.807) is 0 Å². The van der Waals surface area contributed by atoms with Gasteiger partial charge in [0.25, 0.3) is 5.91 Å². The summed E-state index contributed by atoms with van der Waals surface area (Å²) in [6.07, 6.45) is 5.30. The van der Waals surface area contributed by atoms with Gasteiger partial charge in [0.2, 0.25) is 5.96 Å². The first-order valence-corrected chi connectivity index (χ1v) is 9.79. The molecular formula is C21H28N6O. The van der Waals surface area contributed by atoms with Crippen LogP contribution in [0, 0.1) is 13.8 Å². The smallest absolute Gasteiger partial charge is 0.254 e. The van der Waals surface area contributed by atoms with Gasteiger partial charge < -0.3 is 4.90 Å². The molecule has 148 valence electrons. The average molecular weight is 380 g/mol. The van der Waals surface area contributed by atoms with Crippen LogP contribution in [0.4, 0.5) is 0 Å². The van der Waals surface area contributed by atoms with Crippen molar-refractivity contribution in [3.05, 3.63) is 47.3 Å². The number of guanidine groups is 1. The maximum Gasteiger partial charge on any atom is 0.254 e. The number of carbonyl (C=O) groups is 1. The van der Waals surface area contributed by atoms with Crippen molar-refractivity contribution < 1.29 is 4.79 Å². The number of carbonyl (C=O) groups excluding carboxylic acids is 1. The number of likely N-dealkylation sites (tertiary alicyclic amines) is 1. The fourth-order valence-corrected chi connectivity index (χ4v) is 4.15. The molecule has 1 aromatic heterocycles. The van der Waals surface area contributed by atoms with Gasteiger partial charge in [-0.1, -0.05) is 6.07 Å². The molecule has 0 aliphatic carbocycles. The van der Waals surface area contributed by atoms with Crippen LogP contribution in [0.2, 0.25) is 0 Å². The Morgan fingerprint density at radius 2 is 1.96 bits per heavy atom. The third kappa shape index (κ3) is 3.30. The normalized spacial score (nSPS) is 19.0. The van der Waals surface area contributed by atoms with Gasteiger partial charge in [0.1, 0.15) is 5.54 Å². The fourth-order valence-electron chi connectivity index (χ4n) is 4.15. The number of rotatable bonds is 3. The van der Waals surface area contributed by atoms with Gasteiger partial charge in [-0.2, -0.15) is 5.10 Å². The van der Waals surface area contributed by atoms with Crippen LogP contribution < -0.4 is 5.32 Å². The van der Waals surface area contributed by atoms with E-state index in [2.05, 4.69) is 41.3 Å². The molecule has 0 bridgehead atoms. The van der Waals surface area contributed by atoms with Crippen LogP contribution in [0.5, 0.6) is 0 Å². The van der Waals surface area contributed by atoms with E-state index >= 15 is 0 Å². The Hall–Kier alpha value is -2.67. The summed E-state index contributed by atoms with van der Waals surface area (Å²) in [5, 5.41) is 7.37. The Balaban J connectivity index is 1.53. The second-order valence-electron chi connectivity index (χ2n) is 8.12. The van der Waals surface area contributed by atoms with E-state index in [0.29, 0.717) is 5.96 Å². The Bertz CT molecular complexity index is 907. The Labute approximate surface area is 166 Å². The van der Waals surface area contributed by atoms with Gasteiger partial charge in [-0.3, -0.25) is 15.0 Å². The summed E-state index contributed by atoms with van der Waals surface area (Å²) < 4.78 is 1.94. The average Bonchev–Trinajstić information content (AvgIpc) is 3.28. The lowest BCUT2D eigenvalue weighted by Crippen LogP contribution is -2.49. The predicted octanol–water partition coefficient (Wildman–Crippen LogP) is 1.87. The van der Waals surface area contributed by atoms with Crippen molar-refractivity contribution in [2.45, 2.75) is 38.8 Å². The number of benzene rings is 1. The first-order valence-electron chi connectivity index (χ1n) is 9.79. The van der Waals surface area contributed by atoms with Gasteiger partial charge in [0, 0.05) is 46.1 Å². The van der Waals surface area contributed by atoms with Gasteiger partial charge in [0.05, 0.1) is 5.69 Å². The van der Waals surface area contributed by atoms with Crippen molar-refractivity contribution in [3.8, 4) is 5.69 Å². The lowest BCUT2D eigenvalue weighted by molar-refractivity contribution is -0.125. The molecule has 7 nitrogen and oxygen atoms in total. The van der Waals surface area contributed by atoms with Crippen molar-refractivity contribution in [2.75, 3.05) is 27.2 Å². The Morgan fingerprint density at radius 1 is 1.21 bits per heavy atom. The zero-order chi connectivity index (χ0) is 19.9. The van der Waals surface area contributed by atoms with Gasteiger partial charge in [-0.25, -0.2) is 9.67 Å². The molecule has 1 aromatic carbocycles. The molecule has 1 amide bonds. The first kappa shape index (κ1) is 18.7. The number of aryl methyl sites for hydroxylation is 2. The molecule has 0 saturated carbocycles. The minimum absolute atomic E-state index is 0.0413. The van der Waals surface area contributed by atoms with Crippen molar-refractivity contribution in [3.63, 3.8) is 0 Å². The van der Waals surface area contributed by atoms with Crippen LogP contribution in [0.15, 0.2) is 35.6 Å². The molecule has 0 atom stereocenters. The molecular weight excluding hydrogens is 352 g/mol. The number of aliphatic imine (C=N–C) groups is 1. The highest BCUT2D eigenvalue weighted by molar-refractivity contribution is 6.07. The quantitative estimate of drug-likeness (QED) is 0.883. The first-order chi connectivity index (χ1) is 13.4. The number of piperidine rings is 1. The summed E-state index contributed by atoms with van der Waals surface area (Å²) >= 11 is 0. The molecule has 1 fully saturated rings. The summed E-state index contributed by atoms with van der Waals surface area (Å²) in [5.41, 5.74) is 4.34. The molecule has 2 aromatic rings. The summed E-state index contributed by atoms with van der Waals surface area (Å²) in [5.74, 6) is 0.716. The number of nitrogens with one attached hydrogen (secondary N) is 1. The molecule has 7 heteroatoms. The lowest BCUT2D eigenvalue weighted by Gasteiger charge is -2.36. The van der Waals surface area contributed by atoms with Gasteiger partial charge in [0.15, 0.2) is 0 Å². The molecule has 1 saturated heterocycles. The third-order valence-corrected chi connectivity index (χ3v) is 5.80. The molecule has 4 rings (SSSR count). The van der Waals surface area contributed by atoms with E-state index in [9.17, 15) is 4.79 Å². The summed E-state index contributed by atoms with van der Waals surface area (Å²) in [6, 6.07) is 6.37. The lowest BCUT2D eigenvalue weighted by atomic mass is 9.87. The third-order valence-electron chi connectivity index (χ3n) is 5.80. The van der Waals surface area contributed by atoms with E-state index in [4.69, 9.17) is 4.99 Å². The molecule has 0 radical (unpaired) electrons. The topological polar surface area (TPSA) is 65.8 Å². The van der Waals surface area contributed by atoms with Gasteiger partial charge in [-0.05, 0) is 55.5 Å². The van der Waals surface area contributed by atoms with Crippen LogP contribution in [0.3, 0.4) is 0 Å². The Morgan fingerprint density at radius 3 is 2.57 bits per heavy atom. The van der Waals surface area contributed by atoms with Crippen LogP contribution >= 0.6 is 0 Å². The number of hydrogen-bond acceptors (Lipinski definition) is 5. The van der Waals surface area contributed by atoms with Crippen molar-refractivity contribution >= 4 is 11.9 Å². The second kappa shape index (κ2) is 7.05. The minimum atomic E-state index is -0.594. The number of amides is 1. The molecule has 0 unspecified atom stereocenters. The SMILES string of the molecule is Cc1cc(C)c(CN2CCC3(CC2)N=C(N(C)C)NC3=O)c(-n2cccn2)c1. The highest BCUT2D eigenvalue weighted by atomic mass is 16.2. The summed E-state index contributed by atoms with van der Waals surface area (Å²) in [7, 11) is 3.81. The molecule has 28 heavy (non-hydrogen) atoms. The van der Waals surface area contributed by atoms with Crippen molar-refractivity contribution in [2.24, 2.45) is 4.99 Å². The maximum absolute atomic E-state index is 12.5. The van der Waals surface area contributed by atoms with Crippen LogP contribution in [-0.4, -0.2) is 64.2 Å². The highest BCUT2D eigenvalue weighted by Gasteiger charge is 2.46. The fraction of sp³-hybridized carbons (Fsp3) is 0.476. The number of hydrogen-bond donors (Lipinski definition) is 1. The van der Waals surface area contributed by atoms with Gasteiger partial charge in [-0.15, -0.1) is 0 Å². The minimum Gasteiger partial charge on any atom is -0.349 e. The zero-order valence-electron chi connectivity index (χ0n) is 17.1. The number of nitrogens with zero attached hydrogens (tertiary/aromatic N) is 5. The van der Waals surface area contributed by atoms with E-state index in [1.807, 2.05) is 42.1 Å². The Kier molecular flexibility index (Phi) is 4.71. The van der Waals surface area contributed by atoms with E-state index in [1.165, 1.54) is 16.7 Å². The van der Waals surface area contributed by atoms with Crippen molar-refractivity contribution in [1.82, 2.24) is 24.9 Å². The zero-order valence-corrected chi connectivity index (χ0v) is 17.1. The summed E-state index contributed by atoms with van der Waals surface area (Å²) in [6.45, 7) is 6.84. The number of aromatic nitrogens is 2. The molecule has 2 aliphatic heterocycles. The van der Waals surface area contributed by atoms with Crippen LogP contribution in [0.1, 0.15) is 29.5 Å². The van der Waals surface area contributed by atoms with E-state index in [0.717, 1.165) is 38.2 Å². The molecule has 1 spiro atoms. The monoisotopic (exact) mass is 380 g/mol. The highest BCUT2D eigenvalue weighted by Crippen LogP contribution is 2.32. The van der Waals surface area contributed by atoms with E-state index in [-0.39, 0.29) is 5.91 Å². The maximum atomic E-state index is 12.5. The van der Waals surface area contributed by atoms with E-state index < -0.39 is 5.54 Å². The van der Waals surface area contributed by atoms with Crippen LogP contribution in [-0.2, 0) is 11.3 Å². The largest absolute Gasteiger partial charge is 0.349 e. The molecule has 2 aliphatic rings. The standard InChI is InChI=1S/C21H28N6O/c1-15-12-16(2)17(18(13-15)27-9-5-8-22-27)14-26-10-6-21(7-11-26)19(28)23-20(24-21)25(3)4/h5,8-9,12-13H,6-7,10-11,14H2,1-4H3,(H,23,24,28).